The van der Waals surface area contributed by atoms with E-state index >= 15 is 0 Å². The lowest BCUT2D eigenvalue weighted by Crippen LogP contribution is -2.24. The van der Waals surface area contributed by atoms with Crippen LogP contribution in [0.4, 0.5) is 5.69 Å². The van der Waals surface area contributed by atoms with Gasteiger partial charge in [0.1, 0.15) is 0 Å². The van der Waals surface area contributed by atoms with Gasteiger partial charge in [0.05, 0.1) is 6.54 Å². The Labute approximate surface area is 136 Å². The van der Waals surface area contributed by atoms with Gasteiger partial charge < -0.3 is 9.84 Å². The Hall–Kier alpha value is -2.21. The van der Waals surface area contributed by atoms with Gasteiger partial charge in [-0.3, -0.25) is 9.69 Å². The number of nitrogens with one attached hydrogen (secondary N) is 1. The number of carbonyl (C=O) groups excluding carboxylic acids is 1. The Balaban J connectivity index is 1.79. The van der Waals surface area contributed by atoms with E-state index in [1.54, 1.807) is 0 Å². The van der Waals surface area contributed by atoms with Crippen LogP contribution in [-0.4, -0.2) is 34.5 Å². The van der Waals surface area contributed by atoms with Crippen LogP contribution in [0, 0.1) is 13.8 Å². The number of nitrogens with zero attached hydrogens (tertiary/aromatic N) is 3. The first-order valence-corrected chi connectivity index (χ1v) is 7.84. The van der Waals surface area contributed by atoms with Crippen molar-refractivity contribution in [3.05, 3.63) is 41.0 Å². The van der Waals surface area contributed by atoms with Crippen LogP contribution in [0.3, 0.4) is 0 Å². The molecule has 2 rings (SSSR count). The third kappa shape index (κ3) is 5.49. The van der Waals surface area contributed by atoms with Gasteiger partial charge in [0.15, 0.2) is 5.82 Å². The zero-order chi connectivity index (χ0) is 16.8. The molecule has 0 saturated heterocycles. The number of hydrogen-bond acceptors (Lipinski definition) is 5. The standard InChI is InChI=1S/C17H24N4O2/c1-5-17-19-15(20-23-17)11-21(4)7-6-16(22)18-14-9-12(2)8-13(3)10-14/h8-10H,5-7,11H2,1-4H3,(H,18,22). The Bertz CT molecular complexity index is 646. The van der Waals surface area contributed by atoms with Crippen molar-refractivity contribution in [1.82, 2.24) is 15.0 Å². The summed E-state index contributed by atoms with van der Waals surface area (Å²) in [6.07, 6.45) is 1.15. The molecule has 0 unspecified atom stereocenters. The minimum atomic E-state index is 0.00390. The smallest absolute Gasteiger partial charge is 0.226 e. The van der Waals surface area contributed by atoms with Crippen molar-refractivity contribution in [3.63, 3.8) is 0 Å². The Morgan fingerprint density at radius 3 is 2.57 bits per heavy atom. The molecule has 1 aromatic carbocycles. The highest BCUT2D eigenvalue weighted by Crippen LogP contribution is 2.14. The molecule has 0 aliphatic rings. The van der Waals surface area contributed by atoms with Gasteiger partial charge in [-0.25, -0.2) is 0 Å². The number of amides is 1. The largest absolute Gasteiger partial charge is 0.339 e. The minimum absolute atomic E-state index is 0.00390. The van der Waals surface area contributed by atoms with E-state index in [1.807, 2.05) is 44.9 Å². The molecule has 0 spiro atoms. The van der Waals surface area contributed by atoms with E-state index in [9.17, 15) is 4.79 Å². The average molecular weight is 316 g/mol. The lowest BCUT2D eigenvalue weighted by molar-refractivity contribution is -0.116. The molecular weight excluding hydrogens is 292 g/mol. The maximum atomic E-state index is 12.1. The van der Waals surface area contributed by atoms with E-state index < -0.39 is 0 Å². The fourth-order valence-corrected chi connectivity index (χ4v) is 2.38. The highest BCUT2D eigenvalue weighted by Gasteiger charge is 2.10. The maximum absolute atomic E-state index is 12.1. The average Bonchev–Trinajstić information content (AvgIpc) is 2.91. The van der Waals surface area contributed by atoms with Crippen LogP contribution < -0.4 is 5.32 Å². The summed E-state index contributed by atoms with van der Waals surface area (Å²) in [7, 11) is 1.94. The molecule has 0 aliphatic carbocycles. The van der Waals surface area contributed by atoms with Crippen molar-refractivity contribution < 1.29 is 9.32 Å². The quantitative estimate of drug-likeness (QED) is 0.850. The van der Waals surface area contributed by atoms with Gasteiger partial charge in [-0.1, -0.05) is 18.1 Å². The van der Waals surface area contributed by atoms with Crippen LogP contribution in [0.25, 0.3) is 0 Å². The van der Waals surface area contributed by atoms with Crippen LogP contribution in [0.15, 0.2) is 22.7 Å². The molecule has 124 valence electrons. The van der Waals surface area contributed by atoms with Crippen LogP contribution in [0.2, 0.25) is 0 Å². The Kier molecular flexibility index (Phi) is 5.87. The molecule has 23 heavy (non-hydrogen) atoms. The van der Waals surface area contributed by atoms with E-state index in [2.05, 4.69) is 21.5 Å². The van der Waals surface area contributed by atoms with E-state index in [-0.39, 0.29) is 5.91 Å². The minimum Gasteiger partial charge on any atom is -0.339 e. The molecule has 0 saturated carbocycles. The molecule has 1 N–H and O–H groups in total. The Morgan fingerprint density at radius 1 is 1.26 bits per heavy atom. The van der Waals surface area contributed by atoms with Crippen LogP contribution >= 0.6 is 0 Å². The van der Waals surface area contributed by atoms with Gasteiger partial charge in [-0.15, -0.1) is 0 Å². The second-order valence-corrected chi connectivity index (χ2v) is 5.87. The van der Waals surface area contributed by atoms with E-state index in [0.29, 0.717) is 31.2 Å². The second-order valence-electron chi connectivity index (χ2n) is 5.87. The normalized spacial score (nSPS) is 11.0. The maximum Gasteiger partial charge on any atom is 0.226 e. The third-order valence-electron chi connectivity index (χ3n) is 3.45. The summed E-state index contributed by atoms with van der Waals surface area (Å²) in [6.45, 7) is 7.21. The molecule has 0 atom stereocenters. The highest BCUT2D eigenvalue weighted by molar-refractivity contribution is 5.91. The van der Waals surface area contributed by atoms with E-state index in [4.69, 9.17) is 4.52 Å². The summed E-state index contributed by atoms with van der Waals surface area (Å²) in [4.78, 5) is 18.3. The zero-order valence-corrected chi connectivity index (χ0v) is 14.2. The van der Waals surface area contributed by atoms with Crippen molar-refractivity contribution >= 4 is 11.6 Å². The predicted molar refractivity (Wildman–Crippen MR) is 89.2 cm³/mol. The van der Waals surface area contributed by atoms with Crippen LogP contribution in [-0.2, 0) is 17.8 Å². The molecular formula is C17H24N4O2. The summed E-state index contributed by atoms with van der Waals surface area (Å²) in [5.41, 5.74) is 3.13. The molecule has 0 aliphatic heterocycles. The number of anilines is 1. The van der Waals surface area contributed by atoms with Gasteiger partial charge >= 0.3 is 0 Å². The van der Waals surface area contributed by atoms with E-state index in [0.717, 1.165) is 23.2 Å². The summed E-state index contributed by atoms with van der Waals surface area (Å²) in [6, 6.07) is 6.03. The summed E-state index contributed by atoms with van der Waals surface area (Å²) in [5.74, 6) is 1.30. The number of hydrogen-bond donors (Lipinski definition) is 1. The van der Waals surface area contributed by atoms with Gasteiger partial charge in [-0.05, 0) is 44.2 Å². The fraction of sp³-hybridized carbons (Fsp3) is 0.471. The van der Waals surface area contributed by atoms with Gasteiger partial charge in [0.2, 0.25) is 11.8 Å². The van der Waals surface area contributed by atoms with Crippen molar-refractivity contribution in [2.75, 3.05) is 18.9 Å². The SMILES string of the molecule is CCc1nc(CN(C)CCC(=O)Nc2cc(C)cc(C)c2)no1. The molecule has 1 amide bonds. The van der Waals surface area contributed by atoms with Crippen molar-refractivity contribution in [2.24, 2.45) is 0 Å². The molecule has 0 radical (unpaired) electrons. The first-order chi connectivity index (χ1) is 11.0. The van der Waals surface area contributed by atoms with Crippen molar-refractivity contribution in [1.29, 1.82) is 0 Å². The highest BCUT2D eigenvalue weighted by atomic mass is 16.5. The summed E-state index contributed by atoms with van der Waals surface area (Å²) in [5, 5.41) is 6.85. The summed E-state index contributed by atoms with van der Waals surface area (Å²) >= 11 is 0. The zero-order valence-electron chi connectivity index (χ0n) is 14.2. The first kappa shape index (κ1) is 17.1. The number of benzene rings is 1. The first-order valence-electron chi connectivity index (χ1n) is 7.84. The molecule has 0 fully saturated rings. The number of aryl methyl sites for hydroxylation is 3. The molecule has 1 aromatic heterocycles. The van der Waals surface area contributed by atoms with Crippen molar-refractivity contribution in [2.45, 2.75) is 40.2 Å². The predicted octanol–water partition coefficient (Wildman–Crippen LogP) is 2.71. The monoisotopic (exact) mass is 316 g/mol. The van der Waals surface area contributed by atoms with Crippen molar-refractivity contribution in [3.8, 4) is 0 Å². The molecule has 1 heterocycles. The molecule has 6 heteroatoms. The lowest BCUT2D eigenvalue weighted by atomic mass is 10.1. The molecule has 6 nitrogen and oxygen atoms in total. The van der Waals surface area contributed by atoms with Gasteiger partial charge in [-0.2, -0.15) is 4.98 Å². The Morgan fingerprint density at radius 2 is 1.96 bits per heavy atom. The number of rotatable bonds is 7. The second kappa shape index (κ2) is 7.87. The van der Waals surface area contributed by atoms with Gasteiger partial charge in [0.25, 0.3) is 0 Å². The molecule has 2 aromatic rings. The molecule has 0 bridgehead atoms. The number of aromatic nitrogens is 2. The summed E-state index contributed by atoms with van der Waals surface area (Å²) < 4.78 is 5.07. The van der Waals surface area contributed by atoms with Crippen LogP contribution in [0.5, 0.6) is 0 Å². The lowest BCUT2D eigenvalue weighted by Gasteiger charge is -2.14. The van der Waals surface area contributed by atoms with Gasteiger partial charge in [0, 0.05) is 25.1 Å². The number of carbonyl (C=O) groups is 1. The fourth-order valence-electron chi connectivity index (χ4n) is 2.38. The van der Waals surface area contributed by atoms with Crippen LogP contribution in [0.1, 0.15) is 36.2 Å². The third-order valence-corrected chi connectivity index (χ3v) is 3.45. The van der Waals surface area contributed by atoms with E-state index in [1.165, 1.54) is 0 Å². The topological polar surface area (TPSA) is 71.3 Å².